The van der Waals surface area contributed by atoms with Crippen LogP contribution in [0.2, 0.25) is 0 Å². The number of aryl methyl sites for hydroxylation is 1. The van der Waals surface area contributed by atoms with Crippen molar-refractivity contribution in [2.75, 3.05) is 58.9 Å². The summed E-state index contributed by atoms with van der Waals surface area (Å²) in [6, 6.07) is 7.14. The quantitative estimate of drug-likeness (QED) is 0.602. The van der Waals surface area contributed by atoms with Crippen LogP contribution in [0.3, 0.4) is 0 Å². The van der Waals surface area contributed by atoms with E-state index in [0.29, 0.717) is 24.5 Å². The number of rotatable bonds is 10. The van der Waals surface area contributed by atoms with E-state index in [-0.39, 0.29) is 18.9 Å². The van der Waals surface area contributed by atoms with Gasteiger partial charge in [0, 0.05) is 45.7 Å². The van der Waals surface area contributed by atoms with Crippen LogP contribution in [0.5, 0.6) is 0 Å². The van der Waals surface area contributed by atoms with Crippen molar-refractivity contribution in [3.05, 3.63) is 29.8 Å². The number of piperazine rings is 1. The lowest BCUT2D eigenvalue weighted by atomic mass is 10.2. The molecule has 8 heteroatoms. The van der Waals surface area contributed by atoms with Crippen molar-refractivity contribution < 1.29 is 13.2 Å². The van der Waals surface area contributed by atoms with Crippen LogP contribution in [0.4, 0.5) is 0 Å². The molecule has 7 nitrogen and oxygen atoms in total. The molecule has 0 aliphatic carbocycles. The van der Waals surface area contributed by atoms with Gasteiger partial charge in [0.2, 0.25) is 15.9 Å². The molecule has 2 aliphatic heterocycles. The van der Waals surface area contributed by atoms with Crippen molar-refractivity contribution >= 4 is 15.9 Å². The zero-order chi connectivity index (χ0) is 21.4. The lowest BCUT2D eigenvalue weighted by Gasteiger charge is -2.29. The Hall–Kier alpha value is -1.48. The number of amides is 1. The molecule has 0 radical (unpaired) electrons. The molecular weight excluding hydrogens is 400 g/mol. The Labute approximate surface area is 181 Å². The van der Waals surface area contributed by atoms with Gasteiger partial charge in [0.05, 0.1) is 4.90 Å². The van der Waals surface area contributed by atoms with Crippen LogP contribution in [0.25, 0.3) is 0 Å². The van der Waals surface area contributed by atoms with Gasteiger partial charge < -0.3 is 15.1 Å². The second-order valence-corrected chi connectivity index (χ2v) is 10.1. The molecule has 1 aromatic rings. The van der Waals surface area contributed by atoms with Crippen LogP contribution < -0.4 is 5.32 Å². The van der Waals surface area contributed by atoms with Crippen molar-refractivity contribution in [2.24, 2.45) is 0 Å². The molecule has 1 aromatic carbocycles. The highest BCUT2D eigenvalue weighted by Crippen LogP contribution is 2.18. The highest BCUT2D eigenvalue weighted by atomic mass is 32.2. The summed E-state index contributed by atoms with van der Waals surface area (Å²) in [4.78, 5) is 17.1. The predicted molar refractivity (Wildman–Crippen MR) is 119 cm³/mol. The Bertz CT molecular complexity index is 770. The van der Waals surface area contributed by atoms with E-state index in [2.05, 4.69) is 17.1 Å². The number of nitrogens with zero attached hydrogens (tertiary/aromatic N) is 3. The maximum absolute atomic E-state index is 13.3. The first-order valence-corrected chi connectivity index (χ1v) is 12.7. The number of hydrogen-bond donors (Lipinski definition) is 1. The topological polar surface area (TPSA) is 73.0 Å². The molecule has 2 saturated heterocycles. The van der Waals surface area contributed by atoms with E-state index >= 15 is 0 Å². The van der Waals surface area contributed by atoms with Gasteiger partial charge in [-0.05, 0) is 63.0 Å². The lowest BCUT2D eigenvalue weighted by Crippen LogP contribution is -2.47. The molecule has 2 heterocycles. The van der Waals surface area contributed by atoms with E-state index in [4.69, 9.17) is 0 Å². The van der Waals surface area contributed by atoms with Gasteiger partial charge in [-0.3, -0.25) is 4.79 Å². The number of carbonyl (C=O) groups is 1. The van der Waals surface area contributed by atoms with Gasteiger partial charge in [-0.25, -0.2) is 8.42 Å². The summed E-state index contributed by atoms with van der Waals surface area (Å²) in [6.45, 7) is 8.84. The molecular formula is C22H36N4O3S. The third-order valence-corrected chi connectivity index (χ3v) is 8.01. The summed E-state index contributed by atoms with van der Waals surface area (Å²) in [5, 5.41) is 3.24. The Morgan fingerprint density at radius 3 is 2.33 bits per heavy atom. The largest absolute Gasteiger partial charge is 0.340 e. The van der Waals surface area contributed by atoms with E-state index in [9.17, 15) is 13.2 Å². The van der Waals surface area contributed by atoms with Crippen molar-refractivity contribution in [1.29, 1.82) is 0 Å². The number of nitrogens with one attached hydrogen (secondary N) is 1. The maximum atomic E-state index is 13.3. The first kappa shape index (κ1) is 23.2. The number of sulfonamides is 1. The molecule has 3 rings (SSSR count). The first-order chi connectivity index (χ1) is 14.5. The predicted octanol–water partition coefficient (Wildman–Crippen LogP) is 1.55. The Balaban J connectivity index is 1.65. The van der Waals surface area contributed by atoms with Crippen LogP contribution in [0.1, 0.15) is 38.2 Å². The highest BCUT2D eigenvalue weighted by Gasteiger charge is 2.26. The fraction of sp³-hybridized carbons (Fsp3) is 0.682. The van der Waals surface area contributed by atoms with Gasteiger partial charge in [-0.1, -0.05) is 19.1 Å². The molecule has 30 heavy (non-hydrogen) atoms. The monoisotopic (exact) mass is 436 g/mol. The molecule has 1 amide bonds. The van der Waals surface area contributed by atoms with E-state index < -0.39 is 10.0 Å². The Kier molecular flexibility index (Phi) is 8.68. The smallest absolute Gasteiger partial charge is 0.243 e. The molecule has 0 aromatic heterocycles. The molecule has 2 aliphatic rings. The summed E-state index contributed by atoms with van der Waals surface area (Å²) in [5.74, 6) is 0.0394. The minimum atomic E-state index is -3.62. The minimum Gasteiger partial charge on any atom is -0.340 e. The summed E-state index contributed by atoms with van der Waals surface area (Å²) in [6.07, 6.45) is 4.35. The highest BCUT2D eigenvalue weighted by molar-refractivity contribution is 7.89. The number of hydrogen-bond acceptors (Lipinski definition) is 5. The van der Waals surface area contributed by atoms with Crippen molar-refractivity contribution in [3.63, 3.8) is 0 Å². The van der Waals surface area contributed by atoms with Crippen molar-refractivity contribution in [3.8, 4) is 0 Å². The molecule has 1 N–H and O–H groups in total. The molecule has 0 spiro atoms. The Morgan fingerprint density at radius 2 is 1.70 bits per heavy atom. The summed E-state index contributed by atoms with van der Waals surface area (Å²) < 4.78 is 28.2. The maximum Gasteiger partial charge on any atom is 0.243 e. The van der Waals surface area contributed by atoms with E-state index in [0.717, 1.165) is 51.1 Å². The van der Waals surface area contributed by atoms with E-state index in [1.807, 2.05) is 17.0 Å². The number of carbonyl (C=O) groups excluding carboxylic acids is 1. The summed E-state index contributed by atoms with van der Waals surface area (Å²) in [7, 11) is -3.62. The fourth-order valence-corrected chi connectivity index (χ4v) is 5.65. The second-order valence-electron chi connectivity index (χ2n) is 8.18. The normalized spacial score (nSPS) is 18.3. The van der Waals surface area contributed by atoms with Gasteiger partial charge >= 0.3 is 0 Å². The third-order valence-electron chi connectivity index (χ3n) is 6.09. The second kappa shape index (κ2) is 11.2. The third kappa shape index (κ3) is 6.26. The van der Waals surface area contributed by atoms with Crippen LogP contribution in [-0.2, 0) is 21.2 Å². The lowest BCUT2D eigenvalue weighted by molar-refractivity contribution is -0.131. The van der Waals surface area contributed by atoms with Crippen molar-refractivity contribution in [2.45, 2.75) is 43.9 Å². The van der Waals surface area contributed by atoms with E-state index in [1.54, 1.807) is 12.1 Å². The van der Waals surface area contributed by atoms with Crippen LogP contribution in [-0.4, -0.2) is 87.3 Å². The molecule has 0 unspecified atom stereocenters. The molecule has 2 fully saturated rings. The van der Waals surface area contributed by atoms with Gasteiger partial charge in [0.15, 0.2) is 0 Å². The standard InChI is InChI=1S/C22H36N4O3S/c1-2-20-6-8-21(9-7-20)30(28,29)26(16-5-15-24-13-3-4-14-24)17-10-22(27)25-18-11-23-12-19-25/h6-9,23H,2-5,10-19H2,1H3. The SMILES string of the molecule is CCc1ccc(S(=O)(=O)N(CCCN2CCCC2)CCC(=O)N2CCNCC2)cc1. The van der Waals surface area contributed by atoms with Gasteiger partial charge in [-0.2, -0.15) is 4.31 Å². The molecule has 168 valence electrons. The van der Waals surface area contributed by atoms with E-state index in [1.165, 1.54) is 17.1 Å². The number of likely N-dealkylation sites (tertiary alicyclic amines) is 1. The average molecular weight is 437 g/mol. The Morgan fingerprint density at radius 1 is 1.03 bits per heavy atom. The van der Waals surface area contributed by atoms with Gasteiger partial charge in [0.25, 0.3) is 0 Å². The van der Waals surface area contributed by atoms with Gasteiger partial charge in [0.1, 0.15) is 0 Å². The zero-order valence-corrected chi connectivity index (χ0v) is 19.0. The van der Waals surface area contributed by atoms with Crippen molar-refractivity contribution in [1.82, 2.24) is 19.4 Å². The zero-order valence-electron chi connectivity index (χ0n) is 18.2. The molecule has 0 atom stereocenters. The minimum absolute atomic E-state index is 0.0394. The fourth-order valence-electron chi connectivity index (χ4n) is 4.17. The van der Waals surface area contributed by atoms with Gasteiger partial charge in [-0.15, -0.1) is 0 Å². The van der Waals surface area contributed by atoms with Crippen LogP contribution in [0, 0.1) is 0 Å². The summed E-state index contributed by atoms with van der Waals surface area (Å²) in [5.41, 5.74) is 1.11. The number of benzene rings is 1. The summed E-state index contributed by atoms with van der Waals surface area (Å²) >= 11 is 0. The molecule has 0 saturated carbocycles. The molecule has 0 bridgehead atoms. The first-order valence-electron chi connectivity index (χ1n) is 11.3. The average Bonchev–Trinajstić information content (AvgIpc) is 3.30. The van der Waals surface area contributed by atoms with Crippen LogP contribution >= 0.6 is 0 Å². The van der Waals surface area contributed by atoms with Crippen LogP contribution in [0.15, 0.2) is 29.2 Å².